The van der Waals surface area contributed by atoms with Crippen molar-refractivity contribution in [3.05, 3.63) is 59.4 Å². The molecule has 0 bridgehead atoms. The lowest BCUT2D eigenvalue weighted by atomic mass is 9.92. The number of benzene rings is 1. The van der Waals surface area contributed by atoms with Crippen molar-refractivity contribution in [2.24, 2.45) is 0 Å². The van der Waals surface area contributed by atoms with Crippen LogP contribution in [0.25, 0.3) is 0 Å². The van der Waals surface area contributed by atoms with Crippen LogP contribution >= 0.6 is 0 Å². The zero-order valence-electron chi connectivity index (χ0n) is 12.3. The summed E-state index contributed by atoms with van der Waals surface area (Å²) in [6.45, 7) is 6.49. The Morgan fingerprint density at radius 3 is 2.45 bits per heavy atom. The Morgan fingerprint density at radius 2 is 1.75 bits per heavy atom. The average molecular weight is 266 g/mol. The van der Waals surface area contributed by atoms with E-state index in [1.165, 1.54) is 29.8 Å². The molecule has 1 fully saturated rings. The van der Waals surface area contributed by atoms with Crippen LogP contribution in [0.5, 0.6) is 0 Å². The van der Waals surface area contributed by atoms with Crippen LogP contribution in [0.15, 0.2) is 42.5 Å². The van der Waals surface area contributed by atoms with E-state index in [0.29, 0.717) is 5.92 Å². The maximum Gasteiger partial charge on any atom is 0.0439 e. The van der Waals surface area contributed by atoms with Crippen LogP contribution in [0.1, 0.15) is 35.7 Å². The molecular weight excluding hydrogens is 244 g/mol. The number of nitrogens with zero attached hydrogens (tertiary/aromatic N) is 2. The molecule has 0 unspecified atom stereocenters. The summed E-state index contributed by atoms with van der Waals surface area (Å²) < 4.78 is 0. The Morgan fingerprint density at radius 1 is 1.00 bits per heavy atom. The highest BCUT2D eigenvalue weighted by Crippen LogP contribution is 2.29. The van der Waals surface area contributed by atoms with Gasteiger partial charge in [0.25, 0.3) is 0 Å². The second-order valence-electron chi connectivity index (χ2n) is 5.80. The third kappa shape index (κ3) is 2.84. The molecule has 3 rings (SSSR count). The van der Waals surface area contributed by atoms with Gasteiger partial charge in [0, 0.05) is 36.1 Å². The number of anilines is 1. The third-order valence-electron chi connectivity index (χ3n) is 4.19. The molecule has 0 amide bonds. The molecule has 1 saturated heterocycles. The van der Waals surface area contributed by atoms with Crippen molar-refractivity contribution in [2.45, 2.75) is 32.6 Å². The number of hydrogen-bond acceptors (Lipinski definition) is 2. The number of piperidine rings is 1. The summed E-state index contributed by atoms with van der Waals surface area (Å²) in [7, 11) is 0. The van der Waals surface area contributed by atoms with Gasteiger partial charge in [-0.2, -0.15) is 0 Å². The standard InChI is InChI=1S/C18H22N2/c1-14-5-3-7-17(13-14)20-11-9-16(10-12-20)18-8-4-6-15(2)19-18/h3-8,13,16H,9-12H2,1-2H3. The number of pyridine rings is 1. The summed E-state index contributed by atoms with van der Waals surface area (Å²) in [5.74, 6) is 0.621. The van der Waals surface area contributed by atoms with E-state index in [4.69, 9.17) is 4.98 Å². The molecule has 2 heterocycles. The number of hydrogen-bond donors (Lipinski definition) is 0. The van der Waals surface area contributed by atoms with E-state index < -0.39 is 0 Å². The van der Waals surface area contributed by atoms with Crippen molar-refractivity contribution in [3.63, 3.8) is 0 Å². The predicted octanol–water partition coefficient (Wildman–Crippen LogP) is 4.08. The molecule has 1 aliphatic rings. The minimum Gasteiger partial charge on any atom is -0.371 e. The van der Waals surface area contributed by atoms with Gasteiger partial charge in [-0.3, -0.25) is 4.98 Å². The molecule has 2 heteroatoms. The first-order chi connectivity index (χ1) is 9.72. The van der Waals surface area contributed by atoms with Crippen LogP contribution < -0.4 is 4.90 Å². The van der Waals surface area contributed by atoms with Gasteiger partial charge in [0.1, 0.15) is 0 Å². The topological polar surface area (TPSA) is 16.1 Å². The maximum absolute atomic E-state index is 4.69. The van der Waals surface area contributed by atoms with Crippen molar-refractivity contribution in [1.29, 1.82) is 0 Å². The SMILES string of the molecule is Cc1cccc(N2CCC(c3cccc(C)n3)CC2)c1. The largest absolute Gasteiger partial charge is 0.371 e. The Kier molecular flexibility index (Phi) is 3.72. The van der Waals surface area contributed by atoms with Crippen LogP contribution in [0.4, 0.5) is 5.69 Å². The Bertz CT molecular complexity index is 530. The van der Waals surface area contributed by atoms with E-state index in [-0.39, 0.29) is 0 Å². The van der Waals surface area contributed by atoms with E-state index in [0.717, 1.165) is 18.8 Å². The van der Waals surface area contributed by atoms with Crippen LogP contribution in [-0.2, 0) is 0 Å². The average Bonchev–Trinajstić information content (AvgIpc) is 2.47. The molecule has 0 spiro atoms. The lowest BCUT2D eigenvalue weighted by molar-refractivity contribution is 0.495. The summed E-state index contributed by atoms with van der Waals surface area (Å²) in [5.41, 5.74) is 5.10. The highest BCUT2D eigenvalue weighted by Gasteiger charge is 2.21. The first-order valence-corrected chi connectivity index (χ1v) is 7.47. The van der Waals surface area contributed by atoms with Crippen LogP contribution in [-0.4, -0.2) is 18.1 Å². The van der Waals surface area contributed by atoms with Gasteiger partial charge in [-0.15, -0.1) is 0 Å². The molecule has 2 nitrogen and oxygen atoms in total. The Labute approximate surface area is 121 Å². The molecule has 2 aromatic rings. The molecule has 1 aromatic carbocycles. The van der Waals surface area contributed by atoms with E-state index in [2.05, 4.69) is 61.2 Å². The summed E-state index contributed by atoms with van der Waals surface area (Å²) >= 11 is 0. The van der Waals surface area contributed by atoms with Gasteiger partial charge < -0.3 is 4.90 Å². The van der Waals surface area contributed by atoms with E-state index >= 15 is 0 Å². The fourth-order valence-electron chi connectivity index (χ4n) is 3.05. The Hall–Kier alpha value is -1.83. The third-order valence-corrected chi connectivity index (χ3v) is 4.19. The lowest BCUT2D eigenvalue weighted by Gasteiger charge is -2.33. The molecule has 104 valence electrons. The van der Waals surface area contributed by atoms with E-state index in [9.17, 15) is 0 Å². The van der Waals surface area contributed by atoms with Crippen LogP contribution in [0, 0.1) is 13.8 Å². The molecule has 0 atom stereocenters. The lowest BCUT2D eigenvalue weighted by Crippen LogP contribution is -2.33. The van der Waals surface area contributed by atoms with E-state index in [1.54, 1.807) is 0 Å². The quantitative estimate of drug-likeness (QED) is 0.814. The van der Waals surface area contributed by atoms with Crippen molar-refractivity contribution < 1.29 is 0 Å². The fraction of sp³-hybridized carbons (Fsp3) is 0.389. The summed E-state index contributed by atoms with van der Waals surface area (Å²) in [6.07, 6.45) is 2.40. The zero-order chi connectivity index (χ0) is 13.9. The predicted molar refractivity (Wildman–Crippen MR) is 84.3 cm³/mol. The minimum atomic E-state index is 0.621. The van der Waals surface area contributed by atoms with Gasteiger partial charge in [0.2, 0.25) is 0 Å². The second kappa shape index (κ2) is 5.66. The molecule has 20 heavy (non-hydrogen) atoms. The first-order valence-electron chi connectivity index (χ1n) is 7.47. The number of aromatic nitrogens is 1. The Balaban J connectivity index is 1.68. The summed E-state index contributed by atoms with van der Waals surface area (Å²) in [6, 6.07) is 15.2. The smallest absolute Gasteiger partial charge is 0.0439 e. The monoisotopic (exact) mass is 266 g/mol. The van der Waals surface area contributed by atoms with Crippen molar-refractivity contribution in [2.75, 3.05) is 18.0 Å². The van der Waals surface area contributed by atoms with Gasteiger partial charge in [-0.25, -0.2) is 0 Å². The second-order valence-corrected chi connectivity index (χ2v) is 5.80. The molecule has 0 saturated carbocycles. The maximum atomic E-state index is 4.69. The van der Waals surface area contributed by atoms with Gasteiger partial charge in [-0.1, -0.05) is 18.2 Å². The summed E-state index contributed by atoms with van der Waals surface area (Å²) in [4.78, 5) is 7.19. The fourth-order valence-corrected chi connectivity index (χ4v) is 3.05. The highest BCUT2D eigenvalue weighted by atomic mass is 15.1. The van der Waals surface area contributed by atoms with Gasteiger partial charge in [-0.05, 0) is 56.5 Å². The molecule has 0 aliphatic carbocycles. The molecule has 0 radical (unpaired) electrons. The highest BCUT2D eigenvalue weighted by molar-refractivity contribution is 5.48. The molecule has 0 N–H and O–H groups in total. The summed E-state index contributed by atoms with van der Waals surface area (Å²) in [5, 5.41) is 0. The van der Waals surface area contributed by atoms with Gasteiger partial charge in [0.15, 0.2) is 0 Å². The van der Waals surface area contributed by atoms with E-state index in [1.807, 2.05) is 0 Å². The zero-order valence-corrected chi connectivity index (χ0v) is 12.3. The van der Waals surface area contributed by atoms with Crippen LogP contribution in [0.2, 0.25) is 0 Å². The number of rotatable bonds is 2. The van der Waals surface area contributed by atoms with Gasteiger partial charge in [0.05, 0.1) is 0 Å². The van der Waals surface area contributed by atoms with Crippen molar-refractivity contribution in [1.82, 2.24) is 4.98 Å². The molecule has 1 aromatic heterocycles. The molecule has 1 aliphatic heterocycles. The molecular formula is C18H22N2. The minimum absolute atomic E-state index is 0.621. The van der Waals surface area contributed by atoms with Crippen molar-refractivity contribution in [3.8, 4) is 0 Å². The number of aryl methyl sites for hydroxylation is 2. The van der Waals surface area contributed by atoms with Crippen LogP contribution in [0.3, 0.4) is 0 Å². The first kappa shape index (κ1) is 13.2. The van der Waals surface area contributed by atoms with Gasteiger partial charge >= 0.3 is 0 Å². The normalized spacial score (nSPS) is 16.4. The van der Waals surface area contributed by atoms with Crippen molar-refractivity contribution >= 4 is 5.69 Å².